The van der Waals surface area contributed by atoms with E-state index in [0.29, 0.717) is 6.10 Å². The van der Waals surface area contributed by atoms with Gasteiger partial charge in [0.15, 0.2) is 0 Å². The minimum absolute atomic E-state index is 0.376. The van der Waals surface area contributed by atoms with Crippen LogP contribution in [0.25, 0.3) is 0 Å². The monoisotopic (exact) mass is 271 g/mol. The zero-order chi connectivity index (χ0) is 14.3. The molecule has 0 amide bonds. The maximum absolute atomic E-state index is 11.0. The molecule has 0 aromatic rings. The summed E-state index contributed by atoms with van der Waals surface area (Å²) in [7, 11) is 0. The molecule has 1 heterocycles. The lowest BCUT2D eigenvalue weighted by Gasteiger charge is -2.33. The Morgan fingerprint density at radius 1 is 1.47 bits per heavy atom. The predicted octanol–water partition coefficient (Wildman–Crippen LogP) is 2.77. The van der Waals surface area contributed by atoms with Crippen molar-refractivity contribution in [1.82, 2.24) is 4.90 Å². The average Bonchev–Trinajstić information content (AvgIpc) is 2.36. The number of hydrogen-bond acceptors (Lipinski definition) is 3. The van der Waals surface area contributed by atoms with E-state index in [4.69, 9.17) is 9.84 Å². The Bertz CT molecular complexity index is 279. The molecular formula is C15H29NO3. The number of aliphatic carboxylic acids is 1. The first-order valence-electron chi connectivity index (χ1n) is 7.53. The van der Waals surface area contributed by atoms with Crippen molar-refractivity contribution in [1.29, 1.82) is 0 Å². The molecule has 1 rings (SSSR count). The molecule has 1 saturated heterocycles. The van der Waals surface area contributed by atoms with Crippen LogP contribution in [-0.2, 0) is 9.53 Å². The Labute approximate surface area is 117 Å². The molecule has 0 aliphatic carbocycles. The summed E-state index contributed by atoms with van der Waals surface area (Å²) < 4.78 is 5.81. The third-order valence-electron chi connectivity index (χ3n) is 3.88. The summed E-state index contributed by atoms with van der Waals surface area (Å²) in [6, 6.07) is 0. The molecule has 0 aromatic carbocycles. The van der Waals surface area contributed by atoms with E-state index in [1.54, 1.807) is 13.8 Å². The van der Waals surface area contributed by atoms with Gasteiger partial charge >= 0.3 is 5.97 Å². The Morgan fingerprint density at radius 2 is 2.21 bits per heavy atom. The van der Waals surface area contributed by atoms with E-state index in [9.17, 15) is 4.79 Å². The van der Waals surface area contributed by atoms with Crippen LogP contribution in [-0.4, -0.2) is 48.3 Å². The largest absolute Gasteiger partial charge is 0.481 e. The number of carboxylic acid groups (broad SMARTS) is 1. The summed E-state index contributed by atoms with van der Waals surface area (Å²) >= 11 is 0. The number of carbonyl (C=O) groups is 1. The highest BCUT2D eigenvalue weighted by Crippen LogP contribution is 2.23. The molecule has 0 aromatic heterocycles. The fourth-order valence-electron chi connectivity index (χ4n) is 2.49. The van der Waals surface area contributed by atoms with Crippen LogP contribution in [0.15, 0.2) is 0 Å². The molecule has 4 nitrogen and oxygen atoms in total. The van der Waals surface area contributed by atoms with Crippen molar-refractivity contribution < 1.29 is 14.6 Å². The summed E-state index contributed by atoms with van der Waals surface area (Å²) in [6.07, 6.45) is 5.48. The van der Waals surface area contributed by atoms with E-state index < -0.39 is 11.4 Å². The first kappa shape index (κ1) is 16.4. The summed E-state index contributed by atoms with van der Waals surface area (Å²) in [4.78, 5) is 13.5. The number of carboxylic acids is 1. The maximum Gasteiger partial charge on any atom is 0.309 e. The van der Waals surface area contributed by atoms with Gasteiger partial charge in [-0.05, 0) is 59.0 Å². The van der Waals surface area contributed by atoms with Gasteiger partial charge in [-0.25, -0.2) is 0 Å². The number of ether oxygens (including phenoxy) is 1. The van der Waals surface area contributed by atoms with Crippen LogP contribution in [0.2, 0.25) is 0 Å². The second-order valence-corrected chi connectivity index (χ2v) is 6.23. The number of piperidine rings is 1. The molecule has 0 bridgehead atoms. The summed E-state index contributed by atoms with van der Waals surface area (Å²) in [5.41, 5.74) is -0.603. The number of likely N-dealkylation sites (tertiary alicyclic amines) is 1. The van der Waals surface area contributed by atoms with Crippen LogP contribution >= 0.6 is 0 Å². The van der Waals surface area contributed by atoms with Crippen LogP contribution in [0.3, 0.4) is 0 Å². The maximum atomic E-state index is 11.0. The highest BCUT2D eigenvalue weighted by atomic mass is 16.5. The van der Waals surface area contributed by atoms with Crippen LogP contribution in [0.5, 0.6) is 0 Å². The van der Waals surface area contributed by atoms with Crippen LogP contribution in [0, 0.1) is 5.41 Å². The third kappa shape index (κ3) is 5.91. The van der Waals surface area contributed by atoms with Gasteiger partial charge in [0.1, 0.15) is 0 Å². The molecule has 4 heteroatoms. The van der Waals surface area contributed by atoms with Gasteiger partial charge in [-0.3, -0.25) is 4.79 Å². The molecule has 0 saturated carbocycles. The predicted molar refractivity (Wildman–Crippen MR) is 76.4 cm³/mol. The number of rotatable bonds is 8. The SMILES string of the molecule is CCCOC1CCCN(CCCC(C)(C)C(=O)O)C1. The van der Waals surface area contributed by atoms with Gasteiger partial charge in [0.05, 0.1) is 11.5 Å². The minimum atomic E-state index is -0.699. The number of nitrogens with zero attached hydrogens (tertiary/aromatic N) is 1. The second kappa shape index (κ2) is 7.85. The van der Waals surface area contributed by atoms with Gasteiger partial charge in [0.25, 0.3) is 0 Å². The topological polar surface area (TPSA) is 49.8 Å². The van der Waals surface area contributed by atoms with Crippen molar-refractivity contribution in [2.75, 3.05) is 26.2 Å². The van der Waals surface area contributed by atoms with Gasteiger partial charge < -0.3 is 14.7 Å². The van der Waals surface area contributed by atoms with Gasteiger partial charge in [0, 0.05) is 13.2 Å². The van der Waals surface area contributed by atoms with Crippen LogP contribution in [0.4, 0.5) is 0 Å². The van der Waals surface area contributed by atoms with Crippen molar-refractivity contribution >= 4 is 5.97 Å². The fourth-order valence-corrected chi connectivity index (χ4v) is 2.49. The highest BCUT2D eigenvalue weighted by molar-refractivity contribution is 5.73. The Morgan fingerprint density at radius 3 is 2.84 bits per heavy atom. The molecule has 0 spiro atoms. The smallest absolute Gasteiger partial charge is 0.309 e. The Hall–Kier alpha value is -0.610. The molecule has 1 N–H and O–H groups in total. The molecule has 1 aliphatic heterocycles. The molecule has 112 valence electrons. The first-order chi connectivity index (χ1) is 8.95. The van der Waals surface area contributed by atoms with Crippen LogP contribution < -0.4 is 0 Å². The van der Waals surface area contributed by atoms with E-state index in [2.05, 4.69) is 11.8 Å². The standard InChI is InChI=1S/C15H29NO3/c1-4-11-19-13-7-5-9-16(12-13)10-6-8-15(2,3)14(17)18/h13H,4-12H2,1-3H3,(H,17,18). The van der Waals surface area contributed by atoms with E-state index in [1.165, 1.54) is 6.42 Å². The van der Waals surface area contributed by atoms with Crippen molar-refractivity contribution in [2.24, 2.45) is 5.41 Å². The molecule has 1 atom stereocenters. The molecule has 1 unspecified atom stereocenters. The van der Waals surface area contributed by atoms with Crippen molar-refractivity contribution in [3.63, 3.8) is 0 Å². The van der Waals surface area contributed by atoms with Gasteiger partial charge in [0.2, 0.25) is 0 Å². The quantitative estimate of drug-likeness (QED) is 0.737. The molecule has 1 fully saturated rings. The Balaban J connectivity index is 2.24. The number of hydrogen-bond donors (Lipinski definition) is 1. The van der Waals surface area contributed by atoms with Gasteiger partial charge in [-0.1, -0.05) is 6.92 Å². The zero-order valence-corrected chi connectivity index (χ0v) is 12.7. The summed E-state index contributed by atoms with van der Waals surface area (Å²) in [5.74, 6) is -0.699. The van der Waals surface area contributed by atoms with Gasteiger partial charge in [-0.15, -0.1) is 0 Å². The van der Waals surface area contributed by atoms with Crippen LogP contribution in [0.1, 0.15) is 52.9 Å². The summed E-state index contributed by atoms with van der Waals surface area (Å²) in [5, 5.41) is 9.08. The van der Waals surface area contributed by atoms with E-state index in [1.807, 2.05) is 0 Å². The lowest BCUT2D eigenvalue weighted by molar-refractivity contribution is -0.147. The van der Waals surface area contributed by atoms with E-state index in [-0.39, 0.29) is 0 Å². The van der Waals surface area contributed by atoms with Gasteiger partial charge in [-0.2, -0.15) is 0 Å². The van der Waals surface area contributed by atoms with E-state index >= 15 is 0 Å². The minimum Gasteiger partial charge on any atom is -0.481 e. The molecule has 19 heavy (non-hydrogen) atoms. The van der Waals surface area contributed by atoms with E-state index in [0.717, 1.165) is 51.9 Å². The second-order valence-electron chi connectivity index (χ2n) is 6.23. The van der Waals surface area contributed by atoms with Crippen molar-refractivity contribution in [3.05, 3.63) is 0 Å². The summed E-state index contributed by atoms with van der Waals surface area (Å²) in [6.45, 7) is 9.71. The lowest BCUT2D eigenvalue weighted by atomic mass is 9.88. The molecule has 1 aliphatic rings. The van der Waals surface area contributed by atoms with Crippen molar-refractivity contribution in [2.45, 2.75) is 59.0 Å². The fraction of sp³-hybridized carbons (Fsp3) is 0.933. The first-order valence-corrected chi connectivity index (χ1v) is 7.53. The molecular weight excluding hydrogens is 242 g/mol. The Kier molecular flexibility index (Phi) is 6.80. The average molecular weight is 271 g/mol. The lowest BCUT2D eigenvalue weighted by Crippen LogP contribution is -2.40. The zero-order valence-electron chi connectivity index (χ0n) is 12.7. The third-order valence-corrected chi connectivity index (χ3v) is 3.88. The van der Waals surface area contributed by atoms with Crippen molar-refractivity contribution in [3.8, 4) is 0 Å². The highest BCUT2D eigenvalue weighted by Gasteiger charge is 2.27. The normalized spacial score (nSPS) is 21.5. The molecule has 0 radical (unpaired) electrons.